The molecule has 0 spiro atoms. The summed E-state index contributed by atoms with van der Waals surface area (Å²) in [5.74, 6) is 0.228. The number of benzene rings is 3. The Kier molecular flexibility index (Phi) is 8.32. The molecule has 0 aliphatic heterocycles. The number of urea groups is 1. The van der Waals surface area contributed by atoms with Crippen LogP contribution < -0.4 is 10.6 Å². The molecule has 0 unspecified atom stereocenters. The van der Waals surface area contributed by atoms with Gasteiger partial charge in [-0.25, -0.2) is 9.48 Å². The first kappa shape index (κ1) is 27.1. The van der Waals surface area contributed by atoms with Crippen LogP contribution in [0.2, 0.25) is 0 Å². The van der Waals surface area contributed by atoms with Gasteiger partial charge in [-0.3, -0.25) is 4.79 Å². The Morgan fingerprint density at radius 3 is 2.24 bits per heavy atom. The van der Waals surface area contributed by atoms with Crippen LogP contribution in [-0.2, 0) is 16.8 Å². The Labute approximate surface area is 232 Å². The molecule has 3 aromatic carbocycles. The van der Waals surface area contributed by atoms with Crippen molar-refractivity contribution in [3.05, 3.63) is 106 Å². The maximum absolute atomic E-state index is 13.4. The van der Waals surface area contributed by atoms with Crippen molar-refractivity contribution >= 4 is 39.4 Å². The molecule has 4 rings (SSSR count). The molecular formula is C30H32BrN5O2. The third kappa shape index (κ3) is 6.89. The maximum atomic E-state index is 13.4. The van der Waals surface area contributed by atoms with E-state index in [1.807, 2.05) is 85.8 Å². The lowest BCUT2D eigenvalue weighted by molar-refractivity contribution is -0.116. The van der Waals surface area contributed by atoms with Gasteiger partial charge in [0.15, 0.2) is 0 Å². The average molecular weight is 575 g/mol. The van der Waals surface area contributed by atoms with Crippen molar-refractivity contribution in [3.63, 3.8) is 0 Å². The Morgan fingerprint density at radius 1 is 0.921 bits per heavy atom. The summed E-state index contributed by atoms with van der Waals surface area (Å²) < 4.78 is 2.50. The predicted molar refractivity (Wildman–Crippen MR) is 156 cm³/mol. The van der Waals surface area contributed by atoms with Crippen molar-refractivity contribution in [3.8, 4) is 5.69 Å². The first-order valence-corrected chi connectivity index (χ1v) is 13.2. The summed E-state index contributed by atoms with van der Waals surface area (Å²) in [5.41, 5.74) is 4.16. The number of anilines is 2. The standard InChI is InChI=1S/C30H32BrN5O2/c1-21-14-16-23(17-15-21)36-27(18-26(34-36)30(2,3)4)33-28(37)20-35(19-22-10-6-5-7-11-22)29(38)32-25-13-9-8-12-24(25)31/h5-18H,19-20H2,1-4H3,(H,32,38)(H,33,37). The van der Waals surface area contributed by atoms with E-state index in [-0.39, 0.29) is 30.4 Å². The van der Waals surface area contributed by atoms with Gasteiger partial charge in [-0.1, -0.05) is 80.9 Å². The number of aryl methyl sites for hydroxylation is 1. The summed E-state index contributed by atoms with van der Waals surface area (Å²) in [6, 6.07) is 26.4. The number of carbonyl (C=O) groups is 2. The molecule has 0 aliphatic carbocycles. The van der Waals surface area contributed by atoms with Crippen molar-refractivity contribution in [2.24, 2.45) is 0 Å². The molecule has 38 heavy (non-hydrogen) atoms. The van der Waals surface area contributed by atoms with Gasteiger partial charge in [0.05, 0.1) is 17.1 Å². The number of halogens is 1. The van der Waals surface area contributed by atoms with Crippen molar-refractivity contribution in [1.29, 1.82) is 0 Å². The minimum atomic E-state index is -0.377. The minimum absolute atomic E-state index is 0.144. The number of amides is 3. The molecule has 0 atom stereocenters. The van der Waals surface area contributed by atoms with Crippen molar-refractivity contribution in [2.75, 3.05) is 17.2 Å². The summed E-state index contributed by atoms with van der Waals surface area (Å²) in [5, 5.41) is 10.7. The van der Waals surface area contributed by atoms with E-state index < -0.39 is 0 Å². The van der Waals surface area contributed by atoms with Gasteiger partial charge in [0.25, 0.3) is 0 Å². The molecule has 0 aliphatic rings. The molecule has 0 saturated carbocycles. The van der Waals surface area contributed by atoms with Gasteiger partial charge in [0, 0.05) is 22.5 Å². The number of carbonyl (C=O) groups excluding carboxylic acids is 2. The number of aromatic nitrogens is 2. The third-order valence-corrected chi connectivity index (χ3v) is 6.67. The van der Waals surface area contributed by atoms with E-state index in [9.17, 15) is 9.59 Å². The van der Waals surface area contributed by atoms with E-state index in [4.69, 9.17) is 5.10 Å². The van der Waals surface area contributed by atoms with Crippen LogP contribution in [0, 0.1) is 6.92 Å². The second kappa shape index (κ2) is 11.6. The van der Waals surface area contributed by atoms with Gasteiger partial charge in [-0.05, 0) is 52.7 Å². The molecule has 4 aromatic rings. The van der Waals surface area contributed by atoms with Crippen LogP contribution >= 0.6 is 15.9 Å². The first-order valence-electron chi connectivity index (χ1n) is 12.4. The van der Waals surface area contributed by atoms with Crippen LogP contribution in [-0.4, -0.2) is 33.2 Å². The largest absolute Gasteiger partial charge is 0.322 e. The van der Waals surface area contributed by atoms with Crippen LogP contribution in [0.25, 0.3) is 5.69 Å². The molecule has 1 heterocycles. The Morgan fingerprint density at radius 2 is 1.58 bits per heavy atom. The second-order valence-electron chi connectivity index (χ2n) is 10.2. The molecule has 1 aromatic heterocycles. The molecule has 0 saturated heterocycles. The number of hydrogen-bond donors (Lipinski definition) is 2. The van der Waals surface area contributed by atoms with Gasteiger partial charge in [-0.15, -0.1) is 0 Å². The monoisotopic (exact) mass is 573 g/mol. The summed E-state index contributed by atoms with van der Waals surface area (Å²) in [6.45, 7) is 8.39. The second-order valence-corrected chi connectivity index (χ2v) is 11.1. The van der Waals surface area contributed by atoms with Gasteiger partial charge in [0.1, 0.15) is 12.4 Å². The SMILES string of the molecule is Cc1ccc(-n2nc(C(C)(C)C)cc2NC(=O)CN(Cc2ccccc2)C(=O)Nc2ccccc2Br)cc1. The lowest BCUT2D eigenvalue weighted by Crippen LogP contribution is -2.40. The van der Waals surface area contributed by atoms with Crippen molar-refractivity contribution < 1.29 is 9.59 Å². The summed E-state index contributed by atoms with van der Waals surface area (Å²) in [7, 11) is 0. The smallest absolute Gasteiger partial charge is 0.311 e. The number of hydrogen-bond acceptors (Lipinski definition) is 3. The number of nitrogens with zero attached hydrogens (tertiary/aromatic N) is 3. The molecule has 0 fully saturated rings. The Hall–Kier alpha value is -3.91. The fraction of sp³-hybridized carbons (Fsp3) is 0.233. The molecule has 8 heteroatoms. The molecule has 7 nitrogen and oxygen atoms in total. The zero-order valence-electron chi connectivity index (χ0n) is 22.0. The molecule has 2 N–H and O–H groups in total. The maximum Gasteiger partial charge on any atom is 0.322 e. The summed E-state index contributed by atoms with van der Waals surface area (Å²) in [4.78, 5) is 28.1. The Bertz CT molecular complexity index is 1410. The van der Waals surface area contributed by atoms with Gasteiger partial charge < -0.3 is 15.5 Å². The average Bonchev–Trinajstić information content (AvgIpc) is 3.30. The highest BCUT2D eigenvalue weighted by Crippen LogP contribution is 2.27. The van der Waals surface area contributed by atoms with E-state index >= 15 is 0 Å². The van der Waals surface area contributed by atoms with E-state index in [1.165, 1.54) is 4.90 Å². The molecular weight excluding hydrogens is 542 g/mol. The van der Waals surface area contributed by atoms with Gasteiger partial charge in [-0.2, -0.15) is 5.10 Å². The van der Waals surface area contributed by atoms with E-state index in [1.54, 1.807) is 10.7 Å². The topological polar surface area (TPSA) is 79.3 Å². The lowest BCUT2D eigenvalue weighted by Gasteiger charge is -2.23. The quantitative estimate of drug-likeness (QED) is 0.252. The number of rotatable bonds is 7. The predicted octanol–water partition coefficient (Wildman–Crippen LogP) is 6.91. The molecule has 0 radical (unpaired) electrons. The summed E-state index contributed by atoms with van der Waals surface area (Å²) >= 11 is 3.47. The lowest BCUT2D eigenvalue weighted by atomic mass is 9.92. The number of para-hydroxylation sites is 1. The zero-order chi connectivity index (χ0) is 27.3. The number of nitrogens with one attached hydrogen (secondary N) is 2. The molecule has 196 valence electrons. The first-order chi connectivity index (χ1) is 18.1. The Balaban J connectivity index is 1.58. The van der Waals surface area contributed by atoms with Gasteiger partial charge >= 0.3 is 6.03 Å². The van der Waals surface area contributed by atoms with Crippen LogP contribution in [0.1, 0.15) is 37.6 Å². The van der Waals surface area contributed by atoms with E-state index in [2.05, 4.69) is 47.3 Å². The van der Waals surface area contributed by atoms with Crippen LogP contribution in [0.3, 0.4) is 0 Å². The fourth-order valence-electron chi connectivity index (χ4n) is 3.84. The van der Waals surface area contributed by atoms with Crippen molar-refractivity contribution in [2.45, 2.75) is 39.7 Å². The normalized spacial score (nSPS) is 11.2. The fourth-order valence-corrected chi connectivity index (χ4v) is 4.22. The van der Waals surface area contributed by atoms with Gasteiger partial charge in [0.2, 0.25) is 5.91 Å². The van der Waals surface area contributed by atoms with E-state index in [0.717, 1.165) is 27.0 Å². The van der Waals surface area contributed by atoms with Crippen LogP contribution in [0.5, 0.6) is 0 Å². The molecule has 3 amide bonds. The van der Waals surface area contributed by atoms with E-state index in [0.29, 0.717) is 11.5 Å². The highest BCUT2D eigenvalue weighted by Gasteiger charge is 2.23. The zero-order valence-corrected chi connectivity index (χ0v) is 23.6. The third-order valence-electron chi connectivity index (χ3n) is 5.98. The molecule has 0 bridgehead atoms. The van der Waals surface area contributed by atoms with Crippen molar-refractivity contribution in [1.82, 2.24) is 14.7 Å². The minimum Gasteiger partial charge on any atom is -0.311 e. The highest BCUT2D eigenvalue weighted by molar-refractivity contribution is 9.10. The van der Waals surface area contributed by atoms with Crippen LogP contribution in [0.15, 0.2) is 89.4 Å². The van der Waals surface area contributed by atoms with Crippen LogP contribution in [0.4, 0.5) is 16.3 Å². The highest BCUT2D eigenvalue weighted by atomic mass is 79.9. The summed E-state index contributed by atoms with van der Waals surface area (Å²) in [6.07, 6.45) is 0.